The van der Waals surface area contributed by atoms with Gasteiger partial charge in [-0.15, -0.1) is 0 Å². The van der Waals surface area contributed by atoms with E-state index in [-0.39, 0.29) is 5.56 Å². The Hall–Kier alpha value is -2.41. The number of aromatic amines is 1. The van der Waals surface area contributed by atoms with Crippen molar-refractivity contribution in [3.63, 3.8) is 0 Å². The number of aromatic nitrogens is 3. The van der Waals surface area contributed by atoms with E-state index in [4.69, 9.17) is 0 Å². The average molecular weight is 347 g/mol. The third kappa shape index (κ3) is 2.05. The van der Waals surface area contributed by atoms with Gasteiger partial charge in [-0.05, 0) is 18.1 Å². The molecule has 0 fully saturated rings. The molecule has 0 bridgehead atoms. The lowest BCUT2D eigenvalue weighted by Gasteiger charge is -2.38. The highest BCUT2D eigenvalue weighted by Crippen LogP contribution is 2.60. The van der Waals surface area contributed by atoms with E-state index in [1.165, 1.54) is 12.1 Å². The molecule has 0 amide bonds. The maximum absolute atomic E-state index is 14.5. The molecule has 2 aliphatic rings. The minimum Gasteiger partial charge on any atom is -0.378 e. The van der Waals surface area contributed by atoms with Crippen LogP contribution in [0.25, 0.3) is 5.57 Å². The lowest BCUT2D eigenvalue weighted by atomic mass is 9.74. The van der Waals surface area contributed by atoms with Crippen LogP contribution in [-0.4, -0.2) is 32.9 Å². The second kappa shape index (κ2) is 5.29. The van der Waals surface area contributed by atoms with Gasteiger partial charge >= 0.3 is 5.92 Å². The Morgan fingerprint density at radius 1 is 1.32 bits per heavy atom. The minimum absolute atomic E-state index is 0.0531. The van der Waals surface area contributed by atoms with Gasteiger partial charge in [0.15, 0.2) is 18.1 Å². The molecule has 1 aromatic carbocycles. The van der Waals surface area contributed by atoms with Crippen molar-refractivity contribution in [3.05, 3.63) is 65.3 Å². The number of benzene rings is 1. The Bertz CT molecular complexity index is 889. The van der Waals surface area contributed by atoms with Gasteiger partial charge in [-0.3, -0.25) is 5.10 Å². The predicted molar refractivity (Wildman–Crippen MR) is 85.7 cm³/mol. The Balaban J connectivity index is 1.93. The second-order valence-electron chi connectivity index (χ2n) is 6.45. The molecule has 4 nitrogen and oxygen atoms in total. The summed E-state index contributed by atoms with van der Waals surface area (Å²) in [5, 5.41) is 17.9. The minimum atomic E-state index is -3.91. The van der Waals surface area contributed by atoms with Crippen LogP contribution in [-0.2, 0) is 5.60 Å². The van der Waals surface area contributed by atoms with Crippen LogP contribution in [0.5, 0.6) is 0 Å². The largest absolute Gasteiger partial charge is 0.378 e. The summed E-state index contributed by atoms with van der Waals surface area (Å²) in [6.07, 6.45) is 4.85. The molecule has 3 unspecified atom stereocenters. The molecule has 25 heavy (non-hydrogen) atoms. The third-order valence-electron chi connectivity index (χ3n) is 5.06. The zero-order valence-electron chi connectivity index (χ0n) is 13.4. The number of fused-ring (bicyclic) bond motifs is 3. The van der Waals surface area contributed by atoms with Gasteiger partial charge in [0.25, 0.3) is 0 Å². The van der Waals surface area contributed by atoms with Crippen LogP contribution in [0.4, 0.5) is 13.2 Å². The number of hydrogen-bond acceptors (Lipinski definition) is 3. The van der Waals surface area contributed by atoms with Crippen molar-refractivity contribution in [3.8, 4) is 0 Å². The summed E-state index contributed by atoms with van der Waals surface area (Å²) in [4.78, 5) is 4.29. The van der Waals surface area contributed by atoms with E-state index in [1.54, 1.807) is 37.3 Å². The highest BCUT2D eigenvalue weighted by molar-refractivity contribution is 5.74. The number of hydrogen-bond donors (Lipinski definition) is 2. The molecular formula is C18H16F3N3O. The fourth-order valence-corrected chi connectivity index (χ4v) is 3.95. The molecule has 4 rings (SSSR count). The van der Waals surface area contributed by atoms with Crippen LogP contribution in [0.1, 0.15) is 28.7 Å². The lowest BCUT2D eigenvalue weighted by molar-refractivity contribution is -0.210. The quantitative estimate of drug-likeness (QED) is 0.896. The van der Waals surface area contributed by atoms with Gasteiger partial charge < -0.3 is 5.11 Å². The van der Waals surface area contributed by atoms with E-state index >= 15 is 0 Å². The van der Waals surface area contributed by atoms with Gasteiger partial charge in [-0.2, -0.15) is 5.10 Å². The maximum atomic E-state index is 14.5. The second-order valence-corrected chi connectivity index (χ2v) is 6.45. The van der Waals surface area contributed by atoms with Crippen molar-refractivity contribution >= 4 is 5.57 Å². The summed E-state index contributed by atoms with van der Waals surface area (Å²) >= 11 is 0. The molecule has 1 heterocycles. The Morgan fingerprint density at radius 2 is 2.08 bits per heavy atom. The number of H-pyrrole nitrogens is 1. The number of halogens is 3. The van der Waals surface area contributed by atoms with Crippen LogP contribution in [0.3, 0.4) is 0 Å². The molecule has 2 aliphatic carbocycles. The zero-order chi connectivity index (χ0) is 17.8. The first-order valence-electron chi connectivity index (χ1n) is 7.93. The smallest absolute Gasteiger partial charge is 0.308 e. The van der Waals surface area contributed by atoms with E-state index in [1.807, 2.05) is 0 Å². The normalized spacial score (nSPS) is 27.8. The highest BCUT2D eigenvalue weighted by Gasteiger charge is 2.65. The molecule has 2 aromatic rings. The van der Waals surface area contributed by atoms with Crippen molar-refractivity contribution in [1.82, 2.24) is 15.2 Å². The summed E-state index contributed by atoms with van der Waals surface area (Å²) in [6.45, 7) is -0.197. The molecule has 2 N–H and O–H groups in total. The van der Waals surface area contributed by atoms with E-state index in [9.17, 15) is 18.3 Å². The molecule has 130 valence electrons. The van der Waals surface area contributed by atoms with Crippen molar-refractivity contribution in [1.29, 1.82) is 0 Å². The molecule has 0 radical (unpaired) electrons. The number of nitrogens with one attached hydrogen (secondary N) is 1. The third-order valence-corrected chi connectivity index (χ3v) is 5.06. The van der Waals surface area contributed by atoms with Crippen molar-refractivity contribution < 1.29 is 18.3 Å². The SMILES string of the molecule is Cc1nc(C2=CC=CC3C2c2ccccc2C3(O)C(F)(F)CF)n[nH]1. The zero-order valence-corrected chi connectivity index (χ0v) is 13.4. The van der Waals surface area contributed by atoms with Crippen LogP contribution in [0.15, 0.2) is 42.5 Å². The summed E-state index contributed by atoms with van der Waals surface area (Å²) in [7, 11) is 0. The number of allylic oxidation sites excluding steroid dienone is 3. The Morgan fingerprint density at radius 3 is 2.76 bits per heavy atom. The van der Waals surface area contributed by atoms with E-state index in [0.29, 0.717) is 22.8 Å². The molecule has 7 heteroatoms. The van der Waals surface area contributed by atoms with Gasteiger partial charge in [0, 0.05) is 17.4 Å². The summed E-state index contributed by atoms with van der Waals surface area (Å²) in [5.41, 5.74) is -1.40. The number of aryl methyl sites for hydroxylation is 1. The Labute approximate surface area is 142 Å². The summed E-state index contributed by atoms with van der Waals surface area (Å²) in [6, 6.07) is 6.41. The molecule has 0 spiro atoms. The number of aliphatic hydroxyl groups is 1. The van der Waals surface area contributed by atoms with Crippen molar-refractivity contribution in [2.24, 2.45) is 5.92 Å². The highest BCUT2D eigenvalue weighted by atomic mass is 19.3. The van der Waals surface area contributed by atoms with Crippen molar-refractivity contribution in [2.45, 2.75) is 24.4 Å². The van der Waals surface area contributed by atoms with Gasteiger partial charge in [-0.1, -0.05) is 42.5 Å². The van der Waals surface area contributed by atoms with Crippen LogP contribution >= 0.6 is 0 Å². The van der Waals surface area contributed by atoms with E-state index in [0.717, 1.165) is 0 Å². The molecule has 0 aliphatic heterocycles. The molecule has 3 atom stereocenters. The number of nitrogens with zero attached hydrogens (tertiary/aromatic N) is 2. The molecule has 1 aromatic heterocycles. The number of rotatable bonds is 3. The molecule has 0 saturated heterocycles. The summed E-state index contributed by atoms with van der Waals surface area (Å²) < 4.78 is 42.2. The fraction of sp³-hybridized carbons (Fsp3) is 0.333. The Kier molecular flexibility index (Phi) is 3.40. The first kappa shape index (κ1) is 16.1. The first-order valence-corrected chi connectivity index (χ1v) is 7.93. The van der Waals surface area contributed by atoms with Gasteiger partial charge in [0.1, 0.15) is 5.82 Å². The van der Waals surface area contributed by atoms with Crippen LogP contribution in [0, 0.1) is 12.8 Å². The standard InChI is InChI=1S/C18H16F3N3O/c1-10-22-16(24-23-10)12-6-4-8-14-15(12)11-5-2-3-7-13(11)18(14,25)17(20,21)9-19/h2-8,14-15,25H,9H2,1H3,(H,22,23,24). The van der Waals surface area contributed by atoms with E-state index < -0.39 is 30.0 Å². The van der Waals surface area contributed by atoms with Gasteiger partial charge in [-0.25, -0.2) is 18.2 Å². The lowest BCUT2D eigenvalue weighted by Crippen LogP contribution is -2.50. The molecule has 0 saturated carbocycles. The topological polar surface area (TPSA) is 61.8 Å². The first-order chi connectivity index (χ1) is 11.9. The predicted octanol–water partition coefficient (Wildman–Crippen LogP) is 3.27. The maximum Gasteiger partial charge on any atom is 0.308 e. The fourth-order valence-electron chi connectivity index (χ4n) is 3.95. The summed E-state index contributed by atoms with van der Waals surface area (Å²) in [5.74, 6) is -4.50. The van der Waals surface area contributed by atoms with Crippen molar-refractivity contribution in [2.75, 3.05) is 6.67 Å². The van der Waals surface area contributed by atoms with Gasteiger partial charge in [0.05, 0.1) is 0 Å². The average Bonchev–Trinajstić information content (AvgIpc) is 3.16. The van der Waals surface area contributed by atoms with E-state index in [2.05, 4.69) is 15.2 Å². The number of alkyl halides is 3. The molecular weight excluding hydrogens is 331 g/mol. The van der Waals surface area contributed by atoms with Crippen LogP contribution in [0.2, 0.25) is 0 Å². The monoisotopic (exact) mass is 347 g/mol. The van der Waals surface area contributed by atoms with Gasteiger partial charge in [0.2, 0.25) is 0 Å². The van der Waals surface area contributed by atoms with Crippen LogP contribution < -0.4 is 0 Å².